The molecular formula is C10H17N3O. The number of hydrogen-bond donors (Lipinski definition) is 1. The van der Waals surface area contributed by atoms with Crippen LogP contribution in [0.2, 0.25) is 0 Å². The lowest BCUT2D eigenvalue weighted by atomic mass is 10.2. The minimum absolute atomic E-state index is 0.476. The molecule has 4 nitrogen and oxygen atoms in total. The van der Waals surface area contributed by atoms with Crippen molar-refractivity contribution in [2.45, 2.75) is 26.8 Å². The maximum Gasteiger partial charge on any atom is 0.316 e. The summed E-state index contributed by atoms with van der Waals surface area (Å²) in [6.07, 6.45) is 2.73. The zero-order valence-corrected chi connectivity index (χ0v) is 9.00. The van der Waals surface area contributed by atoms with Crippen molar-refractivity contribution in [3.8, 4) is 6.01 Å². The number of aromatic nitrogens is 2. The number of ether oxygens (including phenoxy) is 1. The van der Waals surface area contributed by atoms with Gasteiger partial charge in [-0.3, -0.25) is 0 Å². The predicted octanol–water partition coefficient (Wildman–Crippen LogP) is 1.16. The van der Waals surface area contributed by atoms with Crippen LogP contribution in [0.15, 0.2) is 6.20 Å². The number of nitrogens with zero attached hydrogens (tertiary/aromatic N) is 2. The molecule has 4 heteroatoms. The van der Waals surface area contributed by atoms with E-state index in [-0.39, 0.29) is 0 Å². The van der Waals surface area contributed by atoms with Gasteiger partial charge in [-0.2, -0.15) is 4.98 Å². The summed E-state index contributed by atoms with van der Waals surface area (Å²) in [4.78, 5) is 8.45. The molecule has 1 aromatic rings. The number of aryl methyl sites for hydroxylation is 1. The van der Waals surface area contributed by atoms with Crippen molar-refractivity contribution in [3.63, 3.8) is 0 Å². The van der Waals surface area contributed by atoms with Crippen LogP contribution in [-0.4, -0.2) is 23.6 Å². The third kappa shape index (κ3) is 2.67. The van der Waals surface area contributed by atoms with E-state index >= 15 is 0 Å². The highest BCUT2D eigenvalue weighted by molar-refractivity contribution is 5.19. The van der Waals surface area contributed by atoms with Gasteiger partial charge < -0.3 is 10.1 Å². The Balaban J connectivity index is 2.87. The molecule has 1 N–H and O–H groups in total. The molecule has 0 bridgehead atoms. The van der Waals surface area contributed by atoms with Gasteiger partial charge in [-0.1, -0.05) is 6.92 Å². The van der Waals surface area contributed by atoms with E-state index in [1.54, 1.807) is 0 Å². The molecule has 78 valence electrons. The molecule has 0 amide bonds. The third-order valence-corrected chi connectivity index (χ3v) is 1.91. The maximum absolute atomic E-state index is 5.24. The van der Waals surface area contributed by atoms with Gasteiger partial charge in [-0.25, -0.2) is 4.98 Å². The molecule has 0 radical (unpaired) electrons. The van der Waals surface area contributed by atoms with Crippen molar-refractivity contribution >= 4 is 0 Å². The molecule has 0 aliphatic rings. The van der Waals surface area contributed by atoms with Gasteiger partial charge in [-0.05, 0) is 20.4 Å². The monoisotopic (exact) mass is 195 g/mol. The standard InChI is InChI=1S/C10H17N3O/c1-4-9-8(6-11-3)7-12-10(13-9)14-5-2/h7,11H,4-6H2,1-3H3. The molecule has 0 aliphatic carbocycles. The first-order chi connectivity index (χ1) is 6.81. The van der Waals surface area contributed by atoms with E-state index in [9.17, 15) is 0 Å². The van der Waals surface area contributed by atoms with Crippen molar-refractivity contribution in [1.29, 1.82) is 0 Å². The number of nitrogens with one attached hydrogen (secondary N) is 1. The van der Waals surface area contributed by atoms with Crippen molar-refractivity contribution in [3.05, 3.63) is 17.5 Å². The summed E-state index contributed by atoms with van der Waals surface area (Å²) in [5, 5.41) is 3.09. The fourth-order valence-electron chi connectivity index (χ4n) is 1.27. The second kappa shape index (κ2) is 5.54. The summed E-state index contributed by atoms with van der Waals surface area (Å²) >= 11 is 0. The number of hydrogen-bond acceptors (Lipinski definition) is 4. The van der Waals surface area contributed by atoms with E-state index in [1.807, 2.05) is 20.2 Å². The molecule has 1 aromatic heterocycles. The molecule has 0 fully saturated rings. The van der Waals surface area contributed by atoms with Crippen LogP contribution in [0.5, 0.6) is 6.01 Å². The summed E-state index contributed by atoms with van der Waals surface area (Å²) in [6, 6.07) is 0.476. The van der Waals surface area contributed by atoms with Gasteiger partial charge in [0.15, 0.2) is 0 Å². The smallest absolute Gasteiger partial charge is 0.316 e. The molecule has 0 atom stereocenters. The average molecular weight is 195 g/mol. The fraction of sp³-hybridized carbons (Fsp3) is 0.600. The Morgan fingerprint density at radius 1 is 1.43 bits per heavy atom. The van der Waals surface area contributed by atoms with Crippen molar-refractivity contribution < 1.29 is 4.74 Å². The predicted molar refractivity (Wildman–Crippen MR) is 55.3 cm³/mol. The number of rotatable bonds is 5. The van der Waals surface area contributed by atoms with Crippen LogP contribution >= 0.6 is 0 Å². The Labute approximate surface area is 84.7 Å². The lowest BCUT2D eigenvalue weighted by molar-refractivity contribution is 0.311. The zero-order chi connectivity index (χ0) is 10.4. The van der Waals surface area contributed by atoms with E-state index in [0.717, 1.165) is 24.2 Å². The van der Waals surface area contributed by atoms with Crippen LogP contribution in [0.3, 0.4) is 0 Å². The quantitative estimate of drug-likeness (QED) is 0.765. The minimum atomic E-state index is 0.476. The van der Waals surface area contributed by atoms with Crippen LogP contribution in [0, 0.1) is 0 Å². The minimum Gasteiger partial charge on any atom is -0.464 e. The lowest BCUT2D eigenvalue weighted by Gasteiger charge is -2.07. The van der Waals surface area contributed by atoms with Crippen molar-refractivity contribution in [2.24, 2.45) is 0 Å². The van der Waals surface area contributed by atoms with E-state index in [4.69, 9.17) is 4.74 Å². The van der Waals surface area contributed by atoms with Gasteiger partial charge in [0, 0.05) is 18.3 Å². The summed E-state index contributed by atoms with van der Waals surface area (Å²) in [5.74, 6) is 0. The second-order valence-corrected chi connectivity index (χ2v) is 2.94. The fourth-order valence-corrected chi connectivity index (χ4v) is 1.27. The average Bonchev–Trinajstić information content (AvgIpc) is 2.21. The lowest BCUT2D eigenvalue weighted by Crippen LogP contribution is -2.10. The Hall–Kier alpha value is -1.16. The van der Waals surface area contributed by atoms with Crippen LogP contribution in [-0.2, 0) is 13.0 Å². The molecule has 0 saturated carbocycles. The van der Waals surface area contributed by atoms with Gasteiger partial charge >= 0.3 is 6.01 Å². The summed E-state index contributed by atoms with van der Waals surface area (Å²) in [7, 11) is 1.91. The van der Waals surface area contributed by atoms with E-state index < -0.39 is 0 Å². The van der Waals surface area contributed by atoms with Gasteiger partial charge in [0.2, 0.25) is 0 Å². The van der Waals surface area contributed by atoms with Crippen molar-refractivity contribution in [1.82, 2.24) is 15.3 Å². The second-order valence-electron chi connectivity index (χ2n) is 2.94. The third-order valence-electron chi connectivity index (χ3n) is 1.91. The highest BCUT2D eigenvalue weighted by atomic mass is 16.5. The maximum atomic E-state index is 5.24. The molecule has 0 saturated heterocycles. The van der Waals surface area contributed by atoms with Crippen molar-refractivity contribution in [2.75, 3.05) is 13.7 Å². The highest BCUT2D eigenvalue weighted by Crippen LogP contribution is 2.10. The molecule has 0 aliphatic heterocycles. The topological polar surface area (TPSA) is 47.0 Å². The molecule has 1 heterocycles. The Morgan fingerprint density at radius 2 is 2.21 bits per heavy atom. The Kier molecular flexibility index (Phi) is 4.32. The normalized spacial score (nSPS) is 10.2. The van der Waals surface area contributed by atoms with Crippen LogP contribution < -0.4 is 10.1 Å². The Morgan fingerprint density at radius 3 is 2.79 bits per heavy atom. The van der Waals surface area contributed by atoms with E-state index in [0.29, 0.717) is 12.6 Å². The summed E-state index contributed by atoms with van der Waals surface area (Å²) < 4.78 is 5.24. The molecule has 0 unspecified atom stereocenters. The first kappa shape index (κ1) is 10.9. The molecule has 0 aromatic carbocycles. The van der Waals surface area contributed by atoms with Gasteiger partial charge in [0.1, 0.15) is 0 Å². The van der Waals surface area contributed by atoms with E-state index in [2.05, 4.69) is 22.2 Å². The first-order valence-corrected chi connectivity index (χ1v) is 4.94. The van der Waals surface area contributed by atoms with Crippen LogP contribution in [0.4, 0.5) is 0 Å². The van der Waals surface area contributed by atoms with Gasteiger partial charge in [0.05, 0.1) is 12.3 Å². The molecular weight excluding hydrogens is 178 g/mol. The molecule has 0 spiro atoms. The van der Waals surface area contributed by atoms with E-state index in [1.165, 1.54) is 0 Å². The van der Waals surface area contributed by atoms with Crippen LogP contribution in [0.25, 0.3) is 0 Å². The summed E-state index contributed by atoms with van der Waals surface area (Å²) in [5.41, 5.74) is 2.19. The zero-order valence-electron chi connectivity index (χ0n) is 9.00. The SMILES string of the molecule is CCOc1ncc(CNC)c(CC)n1. The first-order valence-electron chi connectivity index (χ1n) is 4.94. The molecule has 1 rings (SSSR count). The van der Waals surface area contributed by atoms with Gasteiger partial charge in [-0.15, -0.1) is 0 Å². The largest absolute Gasteiger partial charge is 0.464 e. The van der Waals surface area contributed by atoms with Crippen LogP contribution in [0.1, 0.15) is 25.1 Å². The van der Waals surface area contributed by atoms with Gasteiger partial charge in [0.25, 0.3) is 0 Å². The summed E-state index contributed by atoms with van der Waals surface area (Å²) in [6.45, 7) is 5.41. The molecule has 14 heavy (non-hydrogen) atoms. The Bertz CT molecular complexity index is 289. The highest BCUT2D eigenvalue weighted by Gasteiger charge is 2.04.